The minimum Gasteiger partial charge on any atom is -0.497 e. The molecule has 0 spiro atoms. The lowest BCUT2D eigenvalue weighted by Crippen LogP contribution is -2.46. The molecule has 1 heterocycles. The molecule has 1 aromatic rings. The fourth-order valence-electron chi connectivity index (χ4n) is 2.45. The number of carbonyl (C=O) groups excluding carboxylic acids is 2. The van der Waals surface area contributed by atoms with Crippen LogP contribution < -0.4 is 15.5 Å². The minimum absolute atomic E-state index is 0.0817. The van der Waals surface area contributed by atoms with Crippen LogP contribution in [0.3, 0.4) is 0 Å². The van der Waals surface area contributed by atoms with E-state index in [1.54, 1.807) is 7.11 Å². The number of nitrogens with zero attached hydrogens (tertiary/aromatic N) is 1. The lowest BCUT2D eigenvalue weighted by atomic mass is 10.1. The molecular weight excluding hydrogens is 338 g/mol. The van der Waals surface area contributed by atoms with Gasteiger partial charge >= 0.3 is 0 Å². The predicted octanol–water partition coefficient (Wildman–Crippen LogP) is 0.898. The Kier molecular flexibility index (Phi) is 7.43. The number of hydrogen-bond donors (Lipinski definition) is 2. The van der Waals surface area contributed by atoms with E-state index in [0.29, 0.717) is 0 Å². The maximum atomic E-state index is 12.1. The first-order valence-electron chi connectivity index (χ1n) is 8.31. The summed E-state index contributed by atoms with van der Waals surface area (Å²) in [7, 11) is 4.62. The second-order valence-corrected chi connectivity index (χ2v) is 5.66. The minimum atomic E-state index is -0.488. The summed E-state index contributed by atoms with van der Waals surface area (Å²) in [4.78, 5) is 24.0. The van der Waals surface area contributed by atoms with Crippen LogP contribution in [0, 0.1) is 0 Å². The van der Waals surface area contributed by atoms with E-state index in [9.17, 15) is 9.59 Å². The van der Waals surface area contributed by atoms with E-state index in [-0.39, 0.29) is 37.7 Å². The van der Waals surface area contributed by atoms with Crippen LogP contribution in [0.4, 0.5) is 0 Å². The maximum absolute atomic E-state index is 12.1. The van der Waals surface area contributed by atoms with Crippen LogP contribution in [-0.4, -0.2) is 57.5 Å². The van der Waals surface area contributed by atoms with E-state index in [1.807, 2.05) is 30.3 Å². The Labute approximate surface area is 153 Å². The third kappa shape index (κ3) is 5.47. The summed E-state index contributed by atoms with van der Waals surface area (Å²) in [5, 5.41) is 4.17. The van der Waals surface area contributed by atoms with E-state index in [0.717, 1.165) is 17.0 Å². The summed E-state index contributed by atoms with van der Waals surface area (Å²) < 4.78 is 15.2. The molecule has 0 atom stereocenters. The zero-order valence-corrected chi connectivity index (χ0v) is 15.3. The van der Waals surface area contributed by atoms with Gasteiger partial charge in [0.1, 0.15) is 5.75 Å². The molecule has 0 aromatic heterocycles. The van der Waals surface area contributed by atoms with Gasteiger partial charge in [-0.25, -0.2) is 0 Å². The molecule has 0 bridgehead atoms. The van der Waals surface area contributed by atoms with E-state index in [4.69, 9.17) is 14.2 Å². The molecule has 1 aliphatic rings. The molecule has 0 aliphatic carbocycles. The number of carbonyl (C=O) groups is 2. The fourth-order valence-corrected chi connectivity index (χ4v) is 2.45. The highest BCUT2D eigenvalue weighted by molar-refractivity contribution is 5.84. The number of ether oxygens (including phenoxy) is 3. The van der Waals surface area contributed by atoms with Crippen LogP contribution in [0.15, 0.2) is 30.3 Å². The first kappa shape index (κ1) is 19.7. The number of hydrazine groups is 1. The van der Waals surface area contributed by atoms with Crippen LogP contribution in [0.25, 0.3) is 5.70 Å². The van der Waals surface area contributed by atoms with Gasteiger partial charge in [-0.2, -0.15) is 0 Å². The monoisotopic (exact) mass is 363 g/mol. The van der Waals surface area contributed by atoms with E-state index < -0.39 is 6.29 Å². The van der Waals surface area contributed by atoms with Gasteiger partial charge in [-0.15, -0.1) is 0 Å². The van der Waals surface area contributed by atoms with E-state index in [1.165, 1.54) is 19.2 Å². The highest BCUT2D eigenvalue weighted by Crippen LogP contribution is 2.20. The molecular formula is C18H25N3O5. The van der Waals surface area contributed by atoms with Gasteiger partial charge in [0.05, 0.1) is 25.9 Å². The quantitative estimate of drug-likeness (QED) is 0.634. The molecule has 0 saturated carbocycles. The summed E-state index contributed by atoms with van der Waals surface area (Å²) in [5.74, 6) is 0.501. The molecule has 1 aromatic carbocycles. The van der Waals surface area contributed by atoms with Crippen molar-refractivity contribution in [1.29, 1.82) is 0 Å². The van der Waals surface area contributed by atoms with Crippen LogP contribution >= 0.6 is 0 Å². The molecule has 0 saturated heterocycles. The number of methoxy groups -OCH3 is 3. The highest BCUT2D eigenvalue weighted by atomic mass is 16.7. The van der Waals surface area contributed by atoms with Gasteiger partial charge in [0, 0.05) is 27.1 Å². The summed E-state index contributed by atoms with van der Waals surface area (Å²) in [6.07, 6.45) is 1.81. The summed E-state index contributed by atoms with van der Waals surface area (Å²) in [6, 6.07) is 7.53. The lowest BCUT2D eigenvalue weighted by Gasteiger charge is -2.29. The van der Waals surface area contributed by atoms with Gasteiger partial charge in [-0.1, -0.05) is 0 Å². The molecule has 2 rings (SSSR count). The number of rotatable bonds is 9. The molecule has 0 fully saturated rings. The zero-order valence-electron chi connectivity index (χ0n) is 15.3. The van der Waals surface area contributed by atoms with Crippen molar-refractivity contribution in [2.24, 2.45) is 0 Å². The third-order valence-electron chi connectivity index (χ3n) is 3.99. The van der Waals surface area contributed by atoms with Crippen molar-refractivity contribution in [3.05, 3.63) is 35.9 Å². The summed E-state index contributed by atoms with van der Waals surface area (Å²) in [6.45, 7) is 0.521. The largest absolute Gasteiger partial charge is 0.497 e. The summed E-state index contributed by atoms with van der Waals surface area (Å²) >= 11 is 0. The van der Waals surface area contributed by atoms with Gasteiger partial charge in [0.2, 0.25) is 11.8 Å². The molecule has 0 unspecified atom stereocenters. The van der Waals surface area contributed by atoms with Crippen molar-refractivity contribution < 1.29 is 23.8 Å². The van der Waals surface area contributed by atoms with Gasteiger partial charge in [-0.05, 0) is 35.9 Å². The van der Waals surface area contributed by atoms with Crippen LogP contribution in [-0.2, 0) is 19.1 Å². The Hall–Kier alpha value is -2.58. The smallest absolute Gasteiger partial charge is 0.244 e. The van der Waals surface area contributed by atoms with Gasteiger partial charge < -0.3 is 19.5 Å². The van der Waals surface area contributed by atoms with Gasteiger partial charge in [0.25, 0.3) is 0 Å². The third-order valence-corrected chi connectivity index (χ3v) is 3.99. The maximum Gasteiger partial charge on any atom is 0.244 e. The number of hydrogen-bond acceptors (Lipinski definition) is 6. The average Bonchev–Trinajstić information content (AvgIpc) is 2.68. The Balaban J connectivity index is 1.86. The normalized spacial score (nSPS) is 14.1. The van der Waals surface area contributed by atoms with Crippen LogP contribution in [0.1, 0.15) is 18.4 Å². The van der Waals surface area contributed by atoms with Crippen molar-refractivity contribution in [3.63, 3.8) is 0 Å². The Morgan fingerprint density at radius 3 is 2.54 bits per heavy atom. The summed E-state index contributed by atoms with van der Waals surface area (Å²) in [5.41, 5.74) is 4.84. The topological polar surface area (TPSA) is 89.1 Å². The Morgan fingerprint density at radius 1 is 1.23 bits per heavy atom. The molecule has 1 aliphatic heterocycles. The molecule has 2 amide bonds. The Morgan fingerprint density at radius 2 is 1.92 bits per heavy atom. The molecule has 8 nitrogen and oxygen atoms in total. The lowest BCUT2D eigenvalue weighted by molar-refractivity contribution is -0.134. The van der Waals surface area contributed by atoms with E-state index >= 15 is 0 Å². The highest BCUT2D eigenvalue weighted by Gasteiger charge is 2.20. The van der Waals surface area contributed by atoms with Crippen molar-refractivity contribution in [1.82, 2.24) is 15.8 Å². The SMILES string of the molecule is COc1ccc(C2=CCC(=O)N(CCC(=O)NCC(OC)OC)N2)cc1. The first-order chi connectivity index (χ1) is 12.6. The fraction of sp³-hybridized carbons (Fsp3) is 0.444. The Bertz CT molecular complexity index is 641. The standard InChI is InChI=1S/C18H25N3O5/c1-24-14-6-4-13(5-7-14)15-8-9-17(23)21(20-15)11-10-16(22)19-12-18(25-2)26-3/h4-8,18,20H,9-12H2,1-3H3,(H,19,22). The molecule has 0 radical (unpaired) electrons. The second kappa shape index (κ2) is 9.79. The van der Waals surface area contributed by atoms with Gasteiger partial charge in [0.15, 0.2) is 6.29 Å². The zero-order chi connectivity index (χ0) is 18.9. The molecule has 2 N–H and O–H groups in total. The van der Waals surface area contributed by atoms with E-state index in [2.05, 4.69) is 10.7 Å². The molecule has 8 heteroatoms. The predicted molar refractivity (Wildman–Crippen MR) is 95.9 cm³/mol. The number of amides is 2. The average molecular weight is 363 g/mol. The van der Waals surface area contributed by atoms with Gasteiger partial charge in [-0.3, -0.25) is 20.0 Å². The number of nitrogens with one attached hydrogen (secondary N) is 2. The number of benzene rings is 1. The van der Waals surface area contributed by atoms with Crippen molar-refractivity contribution in [2.45, 2.75) is 19.1 Å². The molecule has 26 heavy (non-hydrogen) atoms. The van der Waals surface area contributed by atoms with Crippen molar-refractivity contribution in [2.75, 3.05) is 34.4 Å². The van der Waals surface area contributed by atoms with Crippen molar-refractivity contribution in [3.8, 4) is 5.75 Å². The van der Waals surface area contributed by atoms with Crippen LogP contribution in [0.5, 0.6) is 5.75 Å². The first-order valence-corrected chi connectivity index (χ1v) is 8.31. The van der Waals surface area contributed by atoms with Crippen LogP contribution in [0.2, 0.25) is 0 Å². The van der Waals surface area contributed by atoms with Crippen molar-refractivity contribution >= 4 is 17.5 Å². The molecule has 142 valence electrons. The second-order valence-electron chi connectivity index (χ2n) is 5.66.